The minimum atomic E-state index is -0.139. The Bertz CT molecular complexity index is 565. The molecule has 0 fully saturated rings. The second-order valence-corrected chi connectivity index (χ2v) is 6.24. The van der Waals surface area contributed by atoms with E-state index < -0.39 is 0 Å². The van der Waals surface area contributed by atoms with Gasteiger partial charge >= 0.3 is 0 Å². The molecular weight excluding hydrogens is 248 g/mol. The summed E-state index contributed by atoms with van der Waals surface area (Å²) < 4.78 is 1.74. The van der Waals surface area contributed by atoms with Gasteiger partial charge in [0.2, 0.25) is 5.88 Å². The van der Waals surface area contributed by atoms with Gasteiger partial charge in [-0.1, -0.05) is 64.4 Å². The molecule has 3 nitrogen and oxygen atoms in total. The number of hydrogen-bond acceptors (Lipinski definition) is 2. The molecule has 0 aliphatic carbocycles. The fraction of sp³-hybridized carbons (Fsp3) is 0.471. The maximum absolute atomic E-state index is 10.5. The highest BCUT2D eigenvalue weighted by atomic mass is 16.3. The summed E-state index contributed by atoms with van der Waals surface area (Å²) in [5.74, 6) is 0.310. The summed E-state index contributed by atoms with van der Waals surface area (Å²) in [4.78, 5) is 0. The molecule has 1 heterocycles. The van der Waals surface area contributed by atoms with Crippen LogP contribution in [-0.4, -0.2) is 14.9 Å². The van der Waals surface area contributed by atoms with Gasteiger partial charge < -0.3 is 5.11 Å². The molecule has 0 aliphatic heterocycles. The van der Waals surface area contributed by atoms with E-state index >= 15 is 0 Å². The summed E-state index contributed by atoms with van der Waals surface area (Å²) in [5, 5.41) is 15.2. The fourth-order valence-electron chi connectivity index (χ4n) is 2.41. The van der Waals surface area contributed by atoms with Crippen molar-refractivity contribution in [2.24, 2.45) is 0 Å². The van der Waals surface area contributed by atoms with Crippen LogP contribution in [0.5, 0.6) is 5.88 Å². The summed E-state index contributed by atoms with van der Waals surface area (Å²) in [7, 11) is 0. The molecule has 1 aromatic carbocycles. The Morgan fingerprint density at radius 2 is 1.80 bits per heavy atom. The van der Waals surface area contributed by atoms with Gasteiger partial charge in [0.15, 0.2) is 0 Å². The fourth-order valence-corrected chi connectivity index (χ4v) is 2.41. The van der Waals surface area contributed by atoms with Crippen molar-refractivity contribution in [3.8, 4) is 17.1 Å². The lowest BCUT2D eigenvalue weighted by molar-refractivity contribution is 0.380. The first-order valence-electron chi connectivity index (χ1n) is 7.30. The average Bonchev–Trinajstić information content (AvgIpc) is 2.74. The molecular formula is C17H24N2O. The third-order valence-corrected chi connectivity index (χ3v) is 3.45. The summed E-state index contributed by atoms with van der Waals surface area (Å²) in [6.07, 6.45) is 2.11. The Balaban J connectivity index is 2.55. The van der Waals surface area contributed by atoms with Gasteiger partial charge in [-0.15, -0.1) is 0 Å². The lowest BCUT2D eigenvalue weighted by Crippen LogP contribution is -2.12. The van der Waals surface area contributed by atoms with E-state index in [9.17, 15) is 5.11 Å². The standard InChI is InChI=1S/C17H24N2O/c1-5-6-12-19-16(20)14(17(2,3)4)15(18-19)13-10-8-7-9-11-13/h7-11,20H,5-6,12H2,1-4H3. The van der Waals surface area contributed by atoms with Gasteiger partial charge in [0, 0.05) is 17.7 Å². The van der Waals surface area contributed by atoms with Crippen molar-refractivity contribution in [2.45, 2.75) is 52.5 Å². The zero-order valence-corrected chi connectivity index (χ0v) is 12.8. The normalized spacial score (nSPS) is 11.8. The monoisotopic (exact) mass is 272 g/mol. The van der Waals surface area contributed by atoms with Crippen LogP contribution >= 0.6 is 0 Å². The second kappa shape index (κ2) is 5.70. The minimum Gasteiger partial charge on any atom is -0.493 e. The van der Waals surface area contributed by atoms with E-state index in [2.05, 4.69) is 32.8 Å². The molecule has 1 aromatic heterocycles. The first-order valence-corrected chi connectivity index (χ1v) is 7.30. The van der Waals surface area contributed by atoms with Crippen LogP contribution in [0.4, 0.5) is 0 Å². The Morgan fingerprint density at radius 3 is 2.35 bits per heavy atom. The molecule has 2 rings (SSSR count). The SMILES string of the molecule is CCCCn1nc(-c2ccccc2)c(C(C)(C)C)c1O. The van der Waals surface area contributed by atoms with E-state index in [0.717, 1.165) is 36.2 Å². The van der Waals surface area contributed by atoms with Gasteiger partial charge in [-0.3, -0.25) is 0 Å². The molecule has 3 heteroatoms. The zero-order chi connectivity index (χ0) is 14.8. The van der Waals surface area contributed by atoms with Gasteiger partial charge in [-0.25, -0.2) is 4.68 Å². The predicted octanol–water partition coefficient (Wildman–Crippen LogP) is 4.35. The molecule has 108 valence electrons. The van der Waals surface area contributed by atoms with Crippen molar-refractivity contribution in [3.05, 3.63) is 35.9 Å². The molecule has 0 aliphatic rings. The zero-order valence-electron chi connectivity index (χ0n) is 12.8. The van der Waals surface area contributed by atoms with Crippen molar-refractivity contribution in [3.63, 3.8) is 0 Å². The average molecular weight is 272 g/mol. The van der Waals surface area contributed by atoms with Gasteiger partial charge in [0.25, 0.3) is 0 Å². The van der Waals surface area contributed by atoms with E-state index in [-0.39, 0.29) is 5.41 Å². The van der Waals surface area contributed by atoms with Gasteiger partial charge in [-0.2, -0.15) is 5.10 Å². The van der Waals surface area contributed by atoms with Crippen molar-refractivity contribution < 1.29 is 5.11 Å². The van der Waals surface area contributed by atoms with Crippen LogP contribution in [0.2, 0.25) is 0 Å². The minimum absolute atomic E-state index is 0.139. The third-order valence-electron chi connectivity index (χ3n) is 3.45. The molecule has 2 aromatic rings. The highest BCUT2D eigenvalue weighted by molar-refractivity contribution is 5.67. The Kier molecular flexibility index (Phi) is 4.17. The highest BCUT2D eigenvalue weighted by Crippen LogP contribution is 2.38. The quantitative estimate of drug-likeness (QED) is 0.898. The van der Waals surface area contributed by atoms with Gasteiger partial charge in [0.1, 0.15) is 0 Å². The molecule has 0 bridgehead atoms. The summed E-state index contributed by atoms with van der Waals surface area (Å²) in [6, 6.07) is 10.1. The summed E-state index contributed by atoms with van der Waals surface area (Å²) in [5.41, 5.74) is 2.74. The molecule has 1 N–H and O–H groups in total. The largest absolute Gasteiger partial charge is 0.493 e. The van der Waals surface area contributed by atoms with E-state index in [1.165, 1.54) is 0 Å². The van der Waals surface area contributed by atoms with Crippen LogP contribution in [-0.2, 0) is 12.0 Å². The van der Waals surface area contributed by atoms with Gasteiger partial charge in [0.05, 0.1) is 5.69 Å². The number of aromatic nitrogens is 2. The smallest absolute Gasteiger partial charge is 0.213 e. The lowest BCUT2D eigenvalue weighted by Gasteiger charge is -2.19. The summed E-state index contributed by atoms with van der Waals surface area (Å²) >= 11 is 0. The number of aromatic hydroxyl groups is 1. The van der Waals surface area contributed by atoms with Crippen LogP contribution in [0.1, 0.15) is 46.1 Å². The third kappa shape index (κ3) is 2.87. The highest BCUT2D eigenvalue weighted by Gasteiger charge is 2.28. The molecule has 0 amide bonds. The number of benzene rings is 1. The molecule has 0 spiro atoms. The predicted molar refractivity (Wildman–Crippen MR) is 82.9 cm³/mol. The lowest BCUT2D eigenvalue weighted by atomic mass is 9.85. The number of rotatable bonds is 4. The number of nitrogens with zero attached hydrogens (tertiary/aromatic N) is 2. The van der Waals surface area contributed by atoms with Crippen LogP contribution in [0.25, 0.3) is 11.3 Å². The number of hydrogen-bond donors (Lipinski definition) is 1. The Morgan fingerprint density at radius 1 is 1.15 bits per heavy atom. The van der Waals surface area contributed by atoms with Crippen LogP contribution in [0.15, 0.2) is 30.3 Å². The maximum atomic E-state index is 10.5. The Hall–Kier alpha value is -1.77. The van der Waals surface area contributed by atoms with Crippen LogP contribution < -0.4 is 0 Å². The Labute approximate surface area is 121 Å². The number of aryl methyl sites for hydroxylation is 1. The van der Waals surface area contributed by atoms with E-state index in [0.29, 0.717) is 5.88 Å². The number of unbranched alkanes of at least 4 members (excludes halogenated alkanes) is 1. The molecule has 0 saturated carbocycles. The van der Waals surface area contributed by atoms with E-state index in [4.69, 9.17) is 0 Å². The van der Waals surface area contributed by atoms with Crippen LogP contribution in [0, 0.1) is 0 Å². The first-order chi connectivity index (χ1) is 9.45. The molecule has 0 unspecified atom stereocenters. The maximum Gasteiger partial charge on any atom is 0.213 e. The molecule has 0 radical (unpaired) electrons. The first kappa shape index (κ1) is 14.6. The van der Waals surface area contributed by atoms with Crippen LogP contribution in [0.3, 0.4) is 0 Å². The van der Waals surface area contributed by atoms with Crippen molar-refractivity contribution in [2.75, 3.05) is 0 Å². The summed E-state index contributed by atoms with van der Waals surface area (Å²) in [6.45, 7) is 9.24. The molecule has 0 saturated heterocycles. The van der Waals surface area contributed by atoms with Crippen molar-refractivity contribution in [1.82, 2.24) is 9.78 Å². The van der Waals surface area contributed by atoms with Gasteiger partial charge in [-0.05, 0) is 11.8 Å². The topological polar surface area (TPSA) is 38.0 Å². The second-order valence-electron chi connectivity index (χ2n) is 6.24. The van der Waals surface area contributed by atoms with Crippen molar-refractivity contribution >= 4 is 0 Å². The molecule has 20 heavy (non-hydrogen) atoms. The van der Waals surface area contributed by atoms with E-state index in [1.807, 2.05) is 30.3 Å². The van der Waals surface area contributed by atoms with E-state index in [1.54, 1.807) is 4.68 Å². The molecule has 0 atom stereocenters. The van der Waals surface area contributed by atoms with Crippen molar-refractivity contribution in [1.29, 1.82) is 0 Å².